The van der Waals surface area contributed by atoms with E-state index in [-0.39, 0.29) is 5.91 Å². The fraction of sp³-hybridized carbons (Fsp3) is 0.385. The summed E-state index contributed by atoms with van der Waals surface area (Å²) in [5.74, 6) is -0.117. The van der Waals surface area contributed by atoms with Crippen molar-refractivity contribution in [3.05, 3.63) is 27.7 Å². The third kappa shape index (κ3) is 2.88. The lowest BCUT2D eigenvalue weighted by Crippen LogP contribution is -2.45. The van der Waals surface area contributed by atoms with Crippen LogP contribution in [0.3, 0.4) is 0 Å². The van der Waals surface area contributed by atoms with E-state index in [1.807, 2.05) is 13.0 Å². The molecule has 19 heavy (non-hydrogen) atoms. The Balaban J connectivity index is 2.27. The molecular formula is C13H14BrN3O2. The number of nitrogens with two attached hydrogens (primary N) is 1. The predicted octanol–water partition coefficient (Wildman–Crippen LogP) is 1.70. The molecule has 6 heteroatoms. The Hall–Kier alpha value is -1.58. The van der Waals surface area contributed by atoms with Crippen molar-refractivity contribution in [1.29, 1.82) is 5.26 Å². The van der Waals surface area contributed by atoms with Crippen molar-refractivity contribution in [2.45, 2.75) is 13.0 Å². The van der Waals surface area contributed by atoms with Crippen molar-refractivity contribution in [2.24, 2.45) is 0 Å². The molecule has 1 atom stereocenters. The van der Waals surface area contributed by atoms with Gasteiger partial charge < -0.3 is 15.4 Å². The number of morpholine rings is 1. The number of halogens is 1. The van der Waals surface area contributed by atoms with Gasteiger partial charge in [-0.15, -0.1) is 0 Å². The maximum atomic E-state index is 12.5. The Bertz CT molecular complexity index is 554. The van der Waals surface area contributed by atoms with Crippen LogP contribution in [-0.4, -0.2) is 36.6 Å². The molecule has 0 saturated carbocycles. The van der Waals surface area contributed by atoms with E-state index in [0.29, 0.717) is 30.9 Å². The summed E-state index contributed by atoms with van der Waals surface area (Å²) in [7, 11) is 0. The van der Waals surface area contributed by atoms with Crippen LogP contribution in [0.4, 0.5) is 5.69 Å². The molecule has 1 saturated heterocycles. The summed E-state index contributed by atoms with van der Waals surface area (Å²) in [6, 6.07) is 5.55. The van der Waals surface area contributed by atoms with Crippen molar-refractivity contribution in [2.75, 3.05) is 25.4 Å². The zero-order chi connectivity index (χ0) is 14.0. The summed E-state index contributed by atoms with van der Waals surface area (Å²) < 4.78 is 6.00. The SMILES string of the molecule is Cc1c(N)cc(Br)cc1C(=O)N1CCOC(C#N)C1. The van der Waals surface area contributed by atoms with Gasteiger partial charge in [0.05, 0.1) is 19.2 Å². The predicted molar refractivity (Wildman–Crippen MR) is 74.5 cm³/mol. The van der Waals surface area contributed by atoms with Crippen molar-refractivity contribution in [3.8, 4) is 6.07 Å². The van der Waals surface area contributed by atoms with E-state index in [9.17, 15) is 4.79 Å². The van der Waals surface area contributed by atoms with E-state index in [4.69, 9.17) is 15.7 Å². The molecule has 0 bridgehead atoms. The van der Waals surface area contributed by atoms with E-state index in [1.165, 1.54) is 0 Å². The highest BCUT2D eigenvalue weighted by atomic mass is 79.9. The molecule has 1 heterocycles. The normalized spacial score (nSPS) is 19.0. The van der Waals surface area contributed by atoms with Gasteiger partial charge in [-0.1, -0.05) is 15.9 Å². The van der Waals surface area contributed by atoms with Crippen LogP contribution in [-0.2, 0) is 4.74 Å². The molecule has 1 aliphatic heterocycles. The van der Waals surface area contributed by atoms with Crippen LogP contribution in [0.2, 0.25) is 0 Å². The quantitative estimate of drug-likeness (QED) is 0.798. The number of nitriles is 1. The summed E-state index contributed by atoms with van der Waals surface area (Å²) in [4.78, 5) is 14.1. The second-order valence-electron chi connectivity index (χ2n) is 4.41. The molecule has 1 aromatic carbocycles. The third-order valence-electron chi connectivity index (χ3n) is 3.14. The molecule has 0 aliphatic carbocycles. The first-order valence-electron chi connectivity index (χ1n) is 5.89. The number of rotatable bonds is 1. The van der Waals surface area contributed by atoms with Crippen molar-refractivity contribution >= 4 is 27.5 Å². The van der Waals surface area contributed by atoms with Crippen molar-refractivity contribution in [3.63, 3.8) is 0 Å². The minimum atomic E-state index is -0.553. The Morgan fingerprint density at radius 3 is 3.05 bits per heavy atom. The maximum absolute atomic E-state index is 12.5. The Kier molecular flexibility index (Phi) is 4.08. The van der Waals surface area contributed by atoms with Gasteiger partial charge in [-0.3, -0.25) is 4.79 Å². The molecule has 1 unspecified atom stereocenters. The van der Waals surface area contributed by atoms with E-state index >= 15 is 0 Å². The molecule has 5 nitrogen and oxygen atoms in total. The van der Waals surface area contributed by atoms with Crippen LogP contribution >= 0.6 is 15.9 Å². The maximum Gasteiger partial charge on any atom is 0.254 e. The topological polar surface area (TPSA) is 79.3 Å². The third-order valence-corrected chi connectivity index (χ3v) is 3.60. The lowest BCUT2D eigenvalue weighted by atomic mass is 10.1. The van der Waals surface area contributed by atoms with Gasteiger partial charge in [-0.2, -0.15) is 5.26 Å². The molecule has 0 spiro atoms. The summed E-state index contributed by atoms with van der Waals surface area (Å²) in [5, 5.41) is 8.86. The van der Waals surface area contributed by atoms with E-state index in [2.05, 4.69) is 15.9 Å². The fourth-order valence-electron chi connectivity index (χ4n) is 2.00. The highest BCUT2D eigenvalue weighted by Gasteiger charge is 2.26. The smallest absolute Gasteiger partial charge is 0.254 e. The van der Waals surface area contributed by atoms with Crippen LogP contribution in [0.5, 0.6) is 0 Å². The van der Waals surface area contributed by atoms with Gasteiger partial charge in [0.2, 0.25) is 0 Å². The van der Waals surface area contributed by atoms with Gasteiger partial charge in [-0.25, -0.2) is 0 Å². The average molecular weight is 324 g/mol. The fourth-order valence-corrected chi connectivity index (χ4v) is 2.48. The molecule has 1 aliphatic rings. The van der Waals surface area contributed by atoms with Crippen molar-refractivity contribution < 1.29 is 9.53 Å². The highest BCUT2D eigenvalue weighted by molar-refractivity contribution is 9.10. The molecule has 1 fully saturated rings. The van der Waals surface area contributed by atoms with Crippen LogP contribution in [0.25, 0.3) is 0 Å². The lowest BCUT2D eigenvalue weighted by Gasteiger charge is -2.30. The second-order valence-corrected chi connectivity index (χ2v) is 5.32. The number of ether oxygens (including phenoxy) is 1. The first kappa shape index (κ1) is 13.8. The summed E-state index contributed by atoms with van der Waals surface area (Å²) in [6.07, 6.45) is -0.553. The van der Waals surface area contributed by atoms with Gasteiger partial charge in [-0.05, 0) is 24.6 Å². The first-order chi connectivity index (χ1) is 9.02. The molecule has 1 amide bonds. The number of nitrogen functional groups attached to an aromatic ring is 1. The van der Waals surface area contributed by atoms with Gasteiger partial charge in [0, 0.05) is 22.3 Å². The van der Waals surface area contributed by atoms with Crippen LogP contribution < -0.4 is 5.73 Å². The van der Waals surface area contributed by atoms with Gasteiger partial charge >= 0.3 is 0 Å². The van der Waals surface area contributed by atoms with Gasteiger partial charge in [0.1, 0.15) is 0 Å². The number of anilines is 1. The Morgan fingerprint density at radius 1 is 1.63 bits per heavy atom. The number of hydrogen-bond donors (Lipinski definition) is 1. The molecular weight excluding hydrogens is 310 g/mol. The summed E-state index contributed by atoms with van der Waals surface area (Å²) in [5.41, 5.74) is 7.75. The molecule has 2 N–H and O–H groups in total. The Labute approximate surface area is 120 Å². The number of benzene rings is 1. The number of carbonyl (C=O) groups is 1. The largest absolute Gasteiger partial charge is 0.398 e. The zero-order valence-corrected chi connectivity index (χ0v) is 12.1. The molecule has 2 rings (SSSR count). The zero-order valence-electron chi connectivity index (χ0n) is 10.5. The second kappa shape index (κ2) is 5.59. The number of amides is 1. The molecule has 0 aromatic heterocycles. The standard InChI is InChI=1S/C13H14BrN3O2/c1-8-11(4-9(14)5-12(8)16)13(18)17-2-3-19-10(6-15)7-17/h4-5,10H,2-3,7,16H2,1H3. The van der Waals surface area contributed by atoms with Gasteiger partial charge in [0.25, 0.3) is 5.91 Å². The number of nitrogens with zero attached hydrogens (tertiary/aromatic N) is 2. The van der Waals surface area contributed by atoms with E-state index in [1.54, 1.807) is 17.0 Å². The number of hydrogen-bond acceptors (Lipinski definition) is 4. The lowest BCUT2D eigenvalue weighted by molar-refractivity contribution is 0.00343. The Morgan fingerprint density at radius 2 is 2.37 bits per heavy atom. The molecule has 100 valence electrons. The highest BCUT2D eigenvalue weighted by Crippen LogP contribution is 2.24. The first-order valence-corrected chi connectivity index (χ1v) is 6.68. The van der Waals surface area contributed by atoms with E-state index in [0.717, 1.165) is 10.0 Å². The van der Waals surface area contributed by atoms with Crippen LogP contribution in [0.15, 0.2) is 16.6 Å². The molecule has 1 aromatic rings. The van der Waals surface area contributed by atoms with Crippen LogP contribution in [0.1, 0.15) is 15.9 Å². The monoisotopic (exact) mass is 323 g/mol. The molecule has 0 radical (unpaired) electrons. The van der Waals surface area contributed by atoms with Crippen molar-refractivity contribution in [1.82, 2.24) is 4.90 Å². The number of carbonyl (C=O) groups excluding carboxylic acids is 1. The average Bonchev–Trinajstić information content (AvgIpc) is 2.42. The van der Waals surface area contributed by atoms with Crippen LogP contribution in [0, 0.1) is 18.3 Å². The minimum Gasteiger partial charge on any atom is -0.398 e. The van der Waals surface area contributed by atoms with Gasteiger partial charge in [0.15, 0.2) is 6.10 Å². The summed E-state index contributed by atoms with van der Waals surface area (Å²) in [6.45, 7) is 2.98. The minimum absolute atomic E-state index is 0.117. The van der Waals surface area contributed by atoms with E-state index < -0.39 is 6.10 Å². The summed E-state index contributed by atoms with van der Waals surface area (Å²) >= 11 is 3.34.